The third-order valence-corrected chi connectivity index (χ3v) is 4.80. The Morgan fingerprint density at radius 3 is 2.52 bits per heavy atom. The van der Waals surface area contributed by atoms with Gasteiger partial charge in [0, 0.05) is 23.1 Å². The predicted molar refractivity (Wildman–Crippen MR) is 107 cm³/mol. The molecule has 0 saturated carbocycles. The highest BCUT2D eigenvalue weighted by atomic mass is 79.9. The summed E-state index contributed by atoms with van der Waals surface area (Å²) >= 11 is 3.42. The van der Waals surface area contributed by atoms with Crippen LogP contribution in [0.2, 0.25) is 0 Å². The first-order chi connectivity index (χ1) is 13.0. The lowest BCUT2D eigenvalue weighted by molar-refractivity contribution is -0.118. The highest BCUT2D eigenvalue weighted by molar-refractivity contribution is 9.10. The fourth-order valence-corrected chi connectivity index (χ4v) is 3.21. The molecular formula is C19H21BrN4O3. The summed E-state index contributed by atoms with van der Waals surface area (Å²) in [6, 6.07) is 12.7. The number of anilines is 2. The van der Waals surface area contributed by atoms with Gasteiger partial charge in [-0.25, -0.2) is 10.9 Å². The van der Waals surface area contributed by atoms with Crippen LogP contribution in [0.4, 0.5) is 11.4 Å². The Bertz CT molecular complexity index is 841. The van der Waals surface area contributed by atoms with E-state index in [0.29, 0.717) is 23.5 Å². The number of hydrazine groups is 1. The number of hydrogen-bond donors (Lipinski definition) is 4. The minimum absolute atomic E-state index is 0.0430. The van der Waals surface area contributed by atoms with Gasteiger partial charge in [0.2, 0.25) is 11.8 Å². The quantitative estimate of drug-likeness (QED) is 0.582. The van der Waals surface area contributed by atoms with Crippen molar-refractivity contribution in [1.29, 1.82) is 0 Å². The van der Waals surface area contributed by atoms with Gasteiger partial charge in [-0.15, -0.1) is 0 Å². The van der Waals surface area contributed by atoms with Crippen LogP contribution in [0.1, 0.15) is 24.9 Å². The number of ether oxygens (including phenoxy) is 1. The van der Waals surface area contributed by atoms with Crippen molar-refractivity contribution in [2.75, 3.05) is 17.7 Å². The first-order valence-corrected chi connectivity index (χ1v) is 9.28. The lowest BCUT2D eigenvalue weighted by atomic mass is 10.0. The van der Waals surface area contributed by atoms with Gasteiger partial charge in [0.05, 0.1) is 12.8 Å². The summed E-state index contributed by atoms with van der Waals surface area (Å²) in [6.07, 6.45) is 0.612. The maximum Gasteiger partial charge on any atom is 0.243 e. The van der Waals surface area contributed by atoms with E-state index >= 15 is 0 Å². The number of rotatable bonds is 5. The lowest BCUT2D eigenvalue weighted by Crippen LogP contribution is -2.39. The first-order valence-electron chi connectivity index (χ1n) is 8.49. The largest absolute Gasteiger partial charge is 0.495 e. The van der Waals surface area contributed by atoms with Crippen molar-refractivity contribution in [2.45, 2.75) is 25.4 Å². The molecule has 2 unspecified atom stereocenters. The molecule has 27 heavy (non-hydrogen) atoms. The number of nitrogens with one attached hydrogen (secondary N) is 4. The number of carbonyl (C=O) groups excluding carboxylic acids is 2. The predicted octanol–water partition coefficient (Wildman–Crippen LogP) is 2.96. The van der Waals surface area contributed by atoms with E-state index in [0.717, 1.165) is 10.0 Å². The zero-order valence-corrected chi connectivity index (χ0v) is 16.6. The monoisotopic (exact) mass is 432 g/mol. The topological polar surface area (TPSA) is 91.5 Å². The van der Waals surface area contributed by atoms with Gasteiger partial charge in [-0.3, -0.25) is 9.59 Å². The van der Waals surface area contributed by atoms with Crippen molar-refractivity contribution in [3.8, 4) is 5.75 Å². The maximum atomic E-state index is 12.7. The van der Waals surface area contributed by atoms with E-state index in [1.54, 1.807) is 18.2 Å². The van der Waals surface area contributed by atoms with Gasteiger partial charge in [-0.05, 0) is 42.3 Å². The fourth-order valence-electron chi connectivity index (χ4n) is 2.95. The Morgan fingerprint density at radius 1 is 1.11 bits per heavy atom. The van der Waals surface area contributed by atoms with E-state index in [1.165, 1.54) is 14.0 Å². The zero-order chi connectivity index (χ0) is 19.4. The fraction of sp³-hybridized carbons (Fsp3) is 0.263. The number of amides is 2. The highest BCUT2D eigenvalue weighted by Crippen LogP contribution is 2.29. The molecule has 8 heteroatoms. The Hall–Kier alpha value is -2.42. The third kappa shape index (κ3) is 4.85. The SMILES string of the molecule is COc1ccc(NC(C)=O)cc1NC(=O)C1CC(c2ccc(Br)cc2)NN1. The number of hydrogen-bond acceptors (Lipinski definition) is 5. The molecule has 2 aromatic rings. The Morgan fingerprint density at radius 2 is 1.85 bits per heavy atom. The van der Waals surface area contributed by atoms with Crippen LogP contribution in [0.25, 0.3) is 0 Å². The second-order valence-electron chi connectivity index (χ2n) is 6.27. The minimum atomic E-state index is -0.396. The van der Waals surface area contributed by atoms with Crippen molar-refractivity contribution in [1.82, 2.24) is 10.9 Å². The summed E-state index contributed by atoms with van der Waals surface area (Å²) < 4.78 is 6.31. The molecule has 1 fully saturated rings. The molecule has 1 saturated heterocycles. The standard InChI is InChI=1S/C19H21BrN4O3/c1-11(25)21-14-7-8-18(27-2)16(9-14)22-19(26)17-10-15(23-24-17)12-3-5-13(20)6-4-12/h3-9,15,17,23-24H,10H2,1-2H3,(H,21,25)(H,22,26). The van der Waals surface area contributed by atoms with Gasteiger partial charge in [0.25, 0.3) is 0 Å². The molecule has 0 aliphatic carbocycles. The zero-order valence-electron chi connectivity index (χ0n) is 15.0. The van der Waals surface area contributed by atoms with Gasteiger partial charge in [0.15, 0.2) is 0 Å². The van der Waals surface area contributed by atoms with Crippen molar-refractivity contribution in [3.05, 3.63) is 52.5 Å². The van der Waals surface area contributed by atoms with E-state index in [2.05, 4.69) is 37.4 Å². The number of methoxy groups -OCH3 is 1. The van der Waals surface area contributed by atoms with Crippen molar-refractivity contribution in [2.24, 2.45) is 0 Å². The van der Waals surface area contributed by atoms with Crippen LogP contribution in [-0.2, 0) is 9.59 Å². The average molecular weight is 433 g/mol. The Balaban J connectivity index is 1.68. The molecule has 1 aliphatic rings. The molecule has 0 spiro atoms. The van der Waals surface area contributed by atoms with Crippen LogP contribution < -0.4 is 26.2 Å². The smallest absolute Gasteiger partial charge is 0.243 e. The van der Waals surface area contributed by atoms with Gasteiger partial charge in [-0.2, -0.15) is 0 Å². The number of carbonyl (C=O) groups is 2. The van der Waals surface area contributed by atoms with E-state index in [-0.39, 0.29) is 17.9 Å². The second kappa shape index (κ2) is 8.51. The molecule has 3 rings (SSSR count). The molecule has 0 radical (unpaired) electrons. The lowest BCUT2D eigenvalue weighted by Gasteiger charge is -2.15. The maximum absolute atomic E-state index is 12.7. The van der Waals surface area contributed by atoms with Crippen LogP contribution in [-0.4, -0.2) is 25.0 Å². The van der Waals surface area contributed by atoms with E-state index in [4.69, 9.17) is 4.74 Å². The Labute approximate surface area is 166 Å². The van der Waals surface area contributed by atoms with Crippen LogP contribution in [0, 0.1) is 0 Å². The van der Waals surface area contributed by atoms with Crippen LogP contribution in [0.15, 0.2) is 46.9 Å². The van der Waals surface area contributed by atoms with E-state index < -0.39 is 6.04 Å². The third-order valence-electron chi connectivity index (χ3n) is 4.27. The first kappa shape index (κ1) is 19.3. The van der Waals surface area contributed by atoms with Gasteiger partial charge < -0.3 is 15.4 Å². The van der Waals surface area contributed by atoms with Crippen molar-refractivity contribution < 1.29 is 14.3 Å². The van der Waals surface area contributed by atoms with Crippen LogP contribution in [0.5, 0.6) is 5.75 Å². The summed E-state index contributed by atoms with van der Waals surface area (Å²) in [5.74, 6) is 0.157. The van der Waals surface area contributed by atoms with Crippen LogP contribution >= 0.6 is 15.9 Å². The molecule has 7 nitrogen and oxygen atoms in total. The van der Waals surface area contributed by atoms with Crippen molar-refractivity contribution in [3.63, 3.8) is 0 Å². The van der Waals surface area contributed by atoms with Gasteiger partial charge >= 0.3 is 0 Å². The number of halogens is 1. The molecule has 1 aliphatic heterocycles. The van der Waals surface area contributed by atoms with Gasteiger partial charge in [0.1, 0.15) is 11.8 Å². The van der Waals surface area contributed by atoms with Crippen molar-refractivity contribution >= 4 is 39.1 Å². The summed E-state index contributed by atoms with van der Waals surface area (Å²) in [5.41, 5.74) is 8.39. The Kier molecular flexibility index (Phi) is 6.10. The molecule has 1 heterocycles. The molecule has 0 bridgehead atoms. The summed E-state index contributed by atoms with van der Waals surface area (Å²) in [5, 5.41) is 5.57. The van der Waals surface area contributed by atoms with Gasteiger partial charge in [-0.1, -0.05) is 28.1 Å². The van der Waals surface area contributed by atoms with Crippen LogP contribution in [0.3, 0.4) is 0 Å². The molecule has 0 aromatic heterocycles. The molecule has 2 atom stereocenters. The van der Waals surface area contributed by atoms with E-state index in [9.17, 15) is 9.59 Å². The molecule has 4 N–H and O–H groups in total. The minimum Gasteiger partial charge on any atom is -0.495 e. The molecule has 142 valence electrons. The summed E-state index contributed by atoms with van der Waals surface area (Å²) in [7, 11) is 1.53. The summed E-state index contributed by atoms with van der Waals surface area (Å²) in [4.78, 5) is 23.9. The second-order valence-corrected chi connectivity index (χ2v) is 7.18. The average Bonchev–Trinajstić information content (AvgIpc) is 3.12. The molecule has 2 aromatic carbocycles. The normalized spacial score (nSPS) is 18.8. The highest BCUT2D eigenvalue weighted by Gasteiger charge is 2.30. The molecule has 2 amide bonds. The molecular weight excluding hydrogens is 412 g/mol. The summed E-state index contributed by atoms with van der Waals surface area (Å²) in [6.45, 7) is 1.43. The van der Waals surface area contributed by atoms with E-state index in [1.807, 2.05) is 24.3 Å². The number of benzene rings is 2.